The molecule has 1 aliphatic rings. The molecule has 6 nitrogen and oxygen atoms in total. The van der Waals surface area contributed by atoms with Gasteiger partial charge >= 0.3 is 6.03 Å². The molecule has 3 rings (SSSR count). The van der Waals surface area contributed by atoms with Crippen LogP contribution in [-0.4, -0.2) is 46.9 Å². The minimum Gasteiger partial charge on any atom is -0.368 e. The number of nitrogens with zero attached hydrogens (tertiary/aromatic N) is 4. The van der Waals surface area contributed by atoms with Crippen LogP contribution < -0.4 is 10.2 Å². The van der Waals surface area contributed by atoms with Gasteiger partial charge in [-0.25, -0.2) is 4.79 Å². The van der Waals surface area contributed by atoms with Crippen LogP contribution >= 0.6 is 0 Å². The van der Waals surface area contributed by atoms with Gasteiger partial charge in [-0.1, -0.05) is 32.0 Å². The summed E-state index contributed by atoms with van der Waals surface area (Å²) in [4.78, 5) is 16.6. The monoisotopic (exact) mass is 327 g/mol. The van der Waals surface area contributed by atoms with E-state index in [-0.39, 0.29) is 6.03 Å². The number of hydrogen-bond donors (Lipinski definition) is 1. The van der Waals surface area contributed by atoms with Gasteiger partial charge in [0.15, 0.2) is 0 Å². The van der Waals surface area contributed by atoms with Crippen LogP contribution in [0.5, 0.6) is 0 Å². The lowest BCUT2D eigenvalue weighted by Gasteiger charge is -2.36. The van der Waals surface area contributed by atoms with Crippen LogP contribution in [0.25, 0.3) is 0 Å². The molecule has 2 heterocycles. The van der Waals surface area contributed by atoms with E-state index in [1.54, 1.807) is 6.20 Å². The maximum atomic E-state index is 12.4. The number of urea groups is 1. The summed E-state index contributed by atoms with van der Waals surface area (Å²) < 4.78 is 1.87. The average Bonchev–Trinajstić information content (AvgIpc) is 3.02. The summed E-state index contributed by atoms with van der Waals surface area (Å²) in [6.07, 6.45) is 3.60. The topological polar surface area (TPSA) is 53.4 Å². The van der Waals surface area contributed by atoms with Crippen LogP contribution in [-0.2, 0) is 6.54 Å². The number of aromatic nitrogens is 2. The molecule has 6 heteroatoms. The Kier molecular flexibility index (Phi) is 5.03. The van der Waals surface area contributed by atoms with Crippen molar-refractivity contribution in [3.8, 4) is 0 Å². The lowest BCUT2D eigenvalue weighted by Crippen LogP contribution is -2.50. The zero-order valence-electron chi connectivity index (χ0n) is 14.4. The quantitative estimate of drug-likeness (QED) is 0.939. The van der Waals surface area contributed by atoms with Gasteiger partial charge < -0.3 is 15.1 Å². The van der Waals surface area contributed by atoms with Crippen molar-refractivity contribution in [1.82, 2.24) is 14.7 Å². The van der Waals surface area contributed by atoms with Gasteiger partial charge in [0, 0.05) is 44.6 Å². The van der Waals surface area contributed by atoms with E-state index in [9.17, 15) is 4.79 Å². The summed E-state index contributed by atoms with van der Waals surface area (Å²) in [5, 5.41) is 7.23. The Morgan fingerprint density at radius 3 is 2.54 bits per heavy atom. The van der Waals surface area contributed by atoms with E-state index < -0.39 is 0 Å². The molecule has 0 saturated carbocycles. The molecule has 0 bridgehead atoms. The molecule has 1 aromatic heterocycles. The molecule has 0 radical (unpaired) electrons. The third-order valence-corrected chi connectivity index (χ3v) is 4.12. The Balaban J connectivity index is 1.51. The molecule has 24 heavy (non-hydrogen) atoms. The lowest BCUT2D eigenvalue weighted by molar-refractivity contribution is 0.208. The van der Waals surface area contributed by atoms with Gasteiger partial charge in [-0.15, -0.1) is 0 Å². The summed E-state index contributed by atoms with van der Waals surface area (Å²) in [6, 6.07) is 10.3. The highest BCUT2D eigenvalue weighted by Gasteiger charge is 2.21. The minimum atomic E-state index is -0.0493. The molecule has 2 amide bonds. The highest BCUT2D eigenvalue weighted by atomic mass is 16.2. The molecule has 1 N–H and O–H groups in total. The van der Waals surface area contributed by atoms with Crippen LogP contribution in [0, 0.1) is 5.92 Å². The SMILES string of the molecule is CC(C)Cn1cc(NC(=O)N2CCN(c3ccccc3)CC2)cn1. The number of anilines is 2. The van der Waals surface area contributed by atoms with Gasteiger partial charge in [-0.05, 0) is 18.1 Å². The Morgan fingerprint density at radius 1 is 1.17 bits per heavy atom. The van der Waals surface area contributed by atoms with Gasteiger partial charge in [0.2, 0.25) is 0 Å². The first-order valence-electron chi connectivity index (χ1n) is 8.50. The number of amides is 2. The zero-order valence-corrected chi connectivity index (χ0v) is 14.4. The molecule has 128 valence electrons. The van der Waals surface area contributed by atoms with Crippen LogP contribution in [0.4, 0.5) is 16.2 Å². The van der Waals surface area contributed by atoms with Crippen LogP contribution in [0.3, 0.4) is 0 Å². The number of carbonyl (C=O) groups is 1. The predicted octanol–water partition coefficient (Wildman–Crippen LogP) is 2.89. The number of rotatable bonds is 4. The second-order valence-corrected chi connectivity index (χ2v) is 6.58. The van der Waals surface area contributed by atoms with Crippen molar-refractivity contribution >= 4 is 17.4 Å². The van der Waals surface area contributed by atoms with Gasteiger partial charge in [-0.2, -0.15) is 5.10 Å². The Labute approximate surface area is 143 Å². The third-order valence-electron chi connectivity index (χ3n) is 4.12. The Morgan fingerprint density at radius 2 is 1.88 bits per heavy atom. The molecule has 2 aromatic rings. The molecule has 1 aromatic carbocycles. The van der Waals surface area contributed by atoms with Crippen molar-refractivity contribution in [2.75, 3.05) is 36.4 Å². The molecule has 0 spiro atoms. The number of piperazine rings is 1. The smallest absolute Gasteiger partial charge is 0.322 e. The summed E-state index contributed by atoms with van der Waals surface area (Å²) in [5.74, 6) is 0.527. The second kappa shape index (κ2) is 7.38. The molecule has 0 unspecified atom stereocenters. The molecule has 1 aliphatic heterocycles. The van der Waals surface area contributed by atoms with Crippen LogP contribution in [0.15, 0.2) is 42.7 Å². The van der Waals surface area contributed by atoms with E-state index in [1.165, 1.54) is 5.69 Å². The summed E-state index contributed by atoms with van der Waals surface area (Å²) in [5.41, 5.74) is 1.97. The third kappa shape index (κ3) is 4.07. The highest BCUT2D eigenvalue weighted by Crippen LogP contribution is 2.16. The van der Waals surface area contributed by atoms with Crippen molar-refractivity contribution in [3.63, 3.8) is 0 Å². The summed E-state index contributed by atoms with van der Waals surface area (Å²) >= 11 is 0. The van der Waals surface area contributed by atoms with Crippen molar-refractivity contribution in [2.45, 2.75) is 20.4 Å². The van der Waals surface area contributed by atoms with E-state index in [1.807, 2.05) is 34.0 Å². The molecule has 1 saturated heterocycles. The highest BCUT2D eigenvalue weighted by molar-refractivity contribution is 5.89. The first kappa shape index (κ1) is 16.4. The van der Waals surface area contributed by atoms with E-state index in [2.05, 4.69) is 41.3 Å². The van der Waals surface area contributed by atoms with Crippen molar-refractivity contribution in [3.05, 3.63) is 42.7 Å². The van der Waals surface area contributed by atoms with Crippen LogP contribution in [0.1, 0.15) is 13.8 Å². The molecule has 1 fully saturated rings. The fourth-order valence-electron chi connectivity index (χ4n) is 2.91. The Bertz CT molecular complexity index is 659. The van der Waals surface area contributed by atoms with Gasteiger partial charge in [0.05, 0.1) is 11.9 Å². The maximum absolute atomic E-state index is 12.4. The predicted molar refractivity (Wildman–Crippen MR) is 96.3 cm³/mol. The fourth-order valence-corrected chi connectivity index (χ4v) is 2.91. The maximum Gasteiger partial charge on any atom is 0.322 e. The fraction of sp³-hybridized carbons (Fsp3) is 0.444. The van der Waals surface area contributed by atoms with Crippen molar-refractivity contribution in [2.24, 2.45) is 5.92 Å². The number of para-hydroxylation sites is 1. The number of benzene rings is 1. The minimum absolute atomic E-state index is 0.0493. The molecule has 0 atom stereocenters. The van der Waals surface area contributed by atoms with E-state index in [0.717, 1.165) is 38.4 Å². The van der Waals surface area contributed by atoms with Crippen molar-refractivity contribution in [1.29, 1.82) is 0 Å². The van der Waals surface area contributed by atoms with Crippen molar-refractivity contribution < 1.29 is 4.79 Å². The van der Waals surface area contributed by atoms with E-state index in [4.69, 9.17) is 0 Å². The largest absolute Gasteiger partial charge is 0.368 e. The summed E-state index contributed by atoms with van der Waals surface area (Å²) in [6.45, 7) is 8.29. The zero-order chi connectivity index (χ0) is 16.9. The van der Waals surface area contributed by atoms with Crippen LogP contribution in [0.2, 0.25) is 0 Å². The standard InChI is InChI=1S/C18H25N5O/c1-15(2)13-23-14-16(12-19-23)20-18(24)22-10-8-21(9-11-22)17-6-4-3-5-7-17/h3-7,12,14-15H,8-11,13H2,1-2H3,(H,20,24). The number of hydrogen-bond acceptors (Lipinski definition) is 3. The average molecular weight is 327 g/mol. The number of carbonyl (C=O) groups excluding carboxylic acids is 1. The van der Waals surface area contributed by atoms with Gasteiger partial charge in [0.25, 0.3) is 0 Å². The molecular weight excluding hydrogens is 302 g/mol. The van der Waals surface area contributed by atoms with Gasteiger partial charge in [0.1, 0.15) is 0 Å². The lowest BCUT2D eigenvalue weighted by atomic mass is 10.2. The van der Waals surface area contributed by atoms with E-state index in [0.29, 0.717) is 5.92 Å². The first-order chi connectivity index (χ1) is 11.6. The summed E-state index contributed by atoms with van der Waals surface area (Å²) in [7, 11) is 0. The second-order valence-electron chi connectivity index (χ2n) is 6.58. The number of nitrogens with one attached hydrogen (secondary N) is 1. The molecular formula is C18H25N5O. The van der Waals surface area contributed by atoms with Gasteiger partial charge in [-0.3, -0.25) is 4.68 Å². The normalized spacial score (nSPS) is 15.0. The first-order valence-corrected chi connectivity index (χ1v) is 8.50. The Hall–Kier alpha value is -2.50. The molecule has 0 aliphatic carbocycles. The van der Waals surface area contributed by atoms with E-state index >= 15 is 0 Å².